The monoisotopic (exact) mass is 703 g/mol. The number of para-hydroxylation sites is 1. The lowest BCUT2D eigenvalue weighted by Crippen LogP contribution is -2.36. The number of benzene rings is 2. The largest absolute Gasteiger partial charge is 0.382 e. The number of nitrogens with one attached hydrogen (secondary N) is 2. The molecule has 1 fully saturated rings. The van der Waals surface area contributed by atoms with Crippen LogP contribution in [0.25, 0.3) is 21.9 Å². The fourth-order valence-electron chi connectivity index (χ4n) is 5.79. The molecule has 266 valence electrons. The molecule has 2 aromatic heterocycles. The van der Waals surface area contributed by atoms with E-state index in [-0.39, 0.29) is 62.6 Å². The Labute approximate surface area is 296 Å². The van der Waals surface area contributed by atoms with E-state index in [0.717, 1.165) is 63.1 Å². The van der Waals surface area contributed by atoms with Gasteiger partial charge in [0.05, 0.1) is 42.7 Å². The van der Waals surface area contributed by atoms with Gasteiger partial charge in [-0.05, 0) is 23.6 Å². The van der Waals surface area contributed by atoms with Crippen molar-refractivity contribution in [2.75, 3.05) is 45.3 Å². The van der Waals surface area contributed by atoms with Crippen LogP contribution in [0.3, 0.4) is 0 Å². The molecule has 13 nitrogen and oxygen atoms in total. The van der Waals surface area contributed by atoms with Crippen molar-refractivity contribution >= 4 is 64.0 Å². The summed E-state index contributed by atoms with van der Waals surface area (Å²) < 4.78 is 13.2. The van der Waals surface area contributed by atoms with Crippen molar-refractivity contribution in [2.45, 2.75) is 63.8 Å². The molecule has 2 aromatic carbocycles. The normalized spacial score (nSPS) is 14.6. The second kappa shape index (κ2) is 17.9. The van der Waals surface area contributed by atoms with Crippen LogP contribution in [0.5, 0.6) is 0 Å². The van der Waals surface area contributed by atoms with E-state index >= 15 is 0 Å². The minimum atomic E-state index is -0.619. The van der Waals surface area contributed by atoms with Crippen molar-refractivity contribution in [3.8, 4) is 0 Å². The van der Waals surface area contributed by atoms with Gasteiger partial charge >= 0.3 is 0 Å². The van der Waals surface area contributed by atoms with E-state index < -0.39 is 5.25 Å². The molecule has 0 saturated carbocycles. The summed E-state index contributed by atoms with van der Waals surface area (Å²) in [4.78, 5) is 58.5. The van der Waals surface area contributed by atoms with Crippen molar-refractivity contribution in [3.05, 3.63) is 65.5 Å². The number of hydrogen-bond donors (Lipinski definition) is 4. The Balaban J connectivity index is 0.977. The number of ether oxygens (including phenoxy) is 2. The van der Waals surface area contributed by atoms with Gasteiger partial charge in [0.1, 0.15) is 11.3 Å². The fourth-order valence-corrected chi connectivity index (χ4v) is 6.08. The maximum atomic E-state index is 12.4. The Morgan fingerprint density at radius 3 is 2.40 bits per heavy atom. The molecular weight excluding hydrogens is 659 g/mol. The highest BCUT2D eigenvalue weighted by molar-refractivity contribution is 7.81. The molecule has 1 unspecified atom stereocenters. The molecule has 0 spiro atoms. The topological polar surface area (TPSA) is 171 Å². The molecule has 0 radical (unpaired) electrons. The molecule has 1 atom stereocenters. The molecule has 4 N–H and O–H groups in total. The number of likely N-dealkylation sites (tertiary alicyclic amines) is 1. The van der Waals surface area contributed by atoms with Gasteiger partial charge in [-0.3, -0.25) is 24.1 Å². The zero-order valence-corrected chi connectivity index (χ0v) is 29.3. The number of carbonyl (C=O) groups is 4. The van der Waals surface area contributed by atoms with E-state index in [9.17, 15) is 19.2 Å². The van der Waals surface area contributed by atoms with Gasteiger partial charge in [0, 0.05) is 57.2 Å². The van der Waals surface area contributed by atoms with Crippen LogP contribution in [0.2, 0.25) is 0 Å². The molecule has 0 aliphatic carbocycles. The van der Waals surface area contributed by atoms with Gasteiger partial charge in [0.2, 0.25) is 23.6 Å². The smallest absolute Gasteiger partial charge is 0.242 e. The van der Waals surface area contributed by atoms with Crippen LogP contribution in [0, 0.1) is 0 Å². The van der Waals surface area contributed by atoms with Crippen molar-refractivity contribution in [1.29, 1.82) is 0 Å². The number of anilines is 1. The summed E-state index contributed by atoms with van der Waals surface area (Å²) >= 11 is 4.07. The predicted octanol–water partition coefficient (Wildman–Crippen LogP) is 3.16. The van der Waals surface area contributed by atoms with E-state index in [0.29, 0.717) is 38.7 Å². The second-order valence-electron chi connectivity index (χ2n) is 12.2. The maximum absolute atomic E-state index is 12.4. The van der Waals surface area contributed by atoms with Gasteiger partial charge in [-0.15, -0.1) is 0 Å². The number of aryl methyl sites for hydroxylation is 1. The van der Waals surface area contributed by atoms with E-state index in [4.69, 9.17) is 20.2 Å². The highest BCUT2D eigenvalue weighted by atomic mass is 32.1. The molecule has 0 bridgehead atoms. The fraction of sp³-hybridized carbons (Fsp3) is 0.444. The van der Waals surface area contributed by atoms with E-state index in [1.807, 2.05) is 30.3 Å². The number of nitrogens with zero attached hydrogens (tertiary/aromatic N) is 4. The lowest BCUT2D eigenvalue weighted by molar-refractivity contribution is -0.138. The number of imidazole rings is 1. The van der Waals surface area contributed by atoms with Crippen molar-refractivity contribution < 1.29 is 28.7 Å². The first-order valence-electron chi connectivity index (χ1n) is 17.1. The Kier molecular flexibility index (Phi) is 13.2. The third kappa shape index (κ3) is 9.58. The molecule has 3 heterocycles. The van der Waals surface area contributed by atoms with E-state index in [2.05, 4.69) is 57.9 Å². The summed E-state index contributed by atoms with van der Waals surface area (Å²) in [6.45, 7) is 4.76. The number of aromatic nitrogens is 3. The molecule has 4 aromatic rings. The highest BCUT2D eigenvalue weighted by Crippen LogP contribution is 2.30. The van der Waals surface area contributed by atoms with Crippen molar-refractivity contribution in [1.82, 2.24) is 30.1 Å². The summed E-state index contributed by atoms with van der Waals surface area (Å²) in [5.41, 5.74) is 11.1. The van der Waals surface area contributed by atoms with Crippen molar-refractivity contribution in [3.63, 3.8) is 0 Å². The Morgan fingerprint density at radius 1 is 0.940 bits per heavy atom. The van der Waals surface area contributed by atoms with Crippen LogP contribution in [0.4, 0.5) is 5.82 Å². The quantitative estimate of drug-likeness (QED) is 0.0651. The zero-order valence-electron chi connectivity index (χ0n) is 28.4. The van der Waals surface area contributed by atoms with Gasteiger partial charge in [-0.1, -0.05) is 55.8 Å². The maximum Gasteiger partial charge on any atom is 0.242 e. The lowest BCUT2D eigenvalue weighted by Gasteiger charge is -2.13. The molecule has 50 heavy (non-hydrogen) atoms. The van der Waals surface area contributed by atoms with Gasteiger partial charge in [-0.25, -0.2) is 9.97 Å². The minimum Gasteiger partial charge on any atom is -0.382 e. The van der Waals surface area contributed by atoms with Gasteiger partial charge in [0.25, 0.3) is 0 Å². The average Bonchev–Trinajstić information content (AvgIpc) is 3.59. The third-order valence-corrected chi connectivity index (χ3v) is 8.90. The zero-order chi connectivity index (χ0) is 35.5. The van der Waals surface area contributed by atoms with Crippen molar-refractivity contribution in [2.24, 2.45) is 0 Å². The molecule has 1 saturated heterocycles. The summed E-state index contributed by atoms with van der Waals surface area (Å²) in [5, 5.41) is 6.04. The Morgan fingerprint density at radius 2 is 1.66 bits per heavy atom. The standard InChI is InChI=1S/C36H45N7O6S/c1-2-3-8-29-41-33-34(26-6-4-5-7-27(26)40-35(33)37)43(29)23-25-11-9-24(10-12-25)22-39-31(45)14-17-48-19-20-49-18-15-38-30(44)13-16-42-32(46)21-28(50)36(42)47/h4-7,9-12,28,50H,2-3,8,13-23H2,1H3,(H2,37,40)(H,38,44)(H,39,45). The summed E-state index contributed by atoms with van der Waals surface area (Å²) in [5.74, 6) is 0.399. The van der Waals surface area contributed by atoms with Crippen LogP contribution in [-0.4, -0.2) is 87.8 Å². The lowest BCUT2D eigenvalue weighted by atomic mass is 10.1. The molecular formula is C36H45N7O6S. The number of hydrogen-bond acceptors (Lipinski definition) is 10. The Bertz CT molecular complexity index is 1810. The van der Waals surface area contributed by atoms with E-state index in [1.165, 1.54) is 0 Å². The Hall–Kier alpha value is -4.53. The van der Waals surface area contributed by atoms with Gasteiger partial charge in [-0.2, -0.15) is 12.6 Å². The summed E-state index contributed by atoms with van der Waals surface area (Å²) in [6.07, 6.45) is 3.28. The number of nitrogens with two attached hydrogens (primary N) is 1. The molecule has 5 rings (SSSR count). The number of rotatable bonds is 19. The number of fused-ring (bicyclic) bond motifs is 3. The first-order valence-corrected chi connectivity index (χ1v) is 17.6. The second-order valence-corrected chi connectivity index (χ2v) is 12.8. The number of imide groups is 1. The number of thiol groups is 1. The van der Waals surface area contributed by atoms with Crippen LogP contribution in [-0.2, 0) is 48.2 Å². The summed E-state index contributed by atoms with van der Waals surface area (Å²) in [7, 11) is 0. The SMILES string of the molecule is CCCCc1nc2c(N)nc3ccccc3c2n1Cc1ccc(CNC(=O)CCOCCOCCNC(=O)CCN2C(=O)CC(S)C2=O)cc1. The number of pyridine rings is 1. The highest BCUT2D eigenvalue weighted by Gasteiger charge is 2.36. The van der Waals surface area contributed by atoms with Gasteiger partial charge < -0.3 is 30.4 Å². The predicted molar refractivity (Wildman–Crippen MR) is 193 cm³/mol. The van der Waals surface area contributed by atoms with Crippen LogP contribution in [0.1, 0.15) is 56.0 Å². The minimum absolute atomic E-state index is 0.0324. The molecule has 1 aliphatic rings. The average molecular weight is 704 g/mol. The first kappa shape index (κ1) is 36.7. The third-order valence-electron chi connectivity index (χ3n) is 8.49. The molecule has 1 aliphatic heterocycles. The van der Waals surface area contributed by atoms with Crippen LogP contribution >= 0.6 is 12.6 Å². The van der Waals surface area contributed by atoms with Gasteiger partial charge in [0.15, 0.2) is 5.82 Å². The number of nitrogen functional groups attached to an aromatic ring is 1. The molecule has 4 amide bonds. The first-order chi connectivity index (χ1) is 24.2. The van der Waals surface area contributed by atoms with Crippen LogP contribution < -0.4 is 16.4 Å². The molecule has 14 heteroatoms. The number of amides is 4. The summed E-state index contributed by atoms with van der Waals surface area (Å²) in [6, 6.07) is 16.2. The number of unbranched alkanes of at least 4 members (excludes halogenated alkanes) is 1. The van der Waals surface area contributed by atoms with Crippen LogP contribution in [0.15, 0.2) is 48.5 Å². The number of carbonyl (C=O) groups excluding carboxylic acids is 4. The van der Waals surface area contributed by atoms with E-state index in [1.54, 1.807) is 0 Å².